The number of piperidine rings is 1. The third-order valence-corrected chi connectivity index (χ3v) is 5.34. The Morgan fingerprint density at radius 2 is 1.96 bits per heavy atom. The first-order valence-electron chi connectivity index (χ1n) is 9.24. The Balaban J connectivity index is 1.67. The fraction of sp³-hybridized carbons (Fsp3) is 0.632. The molecule has 2 aliphatic rings. The number of hydrogen-bond acceptors (Lipinski definition) is 4. The largest absolute Gasteiger partial charge is 0.373 e. The Hall–Kier alpha value is -1.43. The first-order chi connectivity index (χ1) is 11.7. The van der Waals surface area contributed by atoms with Crippen LogP contribution in [0.3, 0.4) is 0 Å². The van der Waals surface area contributed by atoms with E-state index in [4.69, 9.17) is 4.74 Å². The summed E-state index contributed by atoms with van der Waals surface area (Å²) in [5.41, 5.74) is 3.90. The van der Waals surface area contributed by atoms with E-state index in [1.54, 1.807) is 0 Å². The Bertz CT molecular complexity index is 682. The number of aromatic nitrogens is 2. The van der Waals surface area contributed by atoms with Crippen LogP contribution in [0.25, 0.3) is 11.0 Å². The van der Waals surface area contributed by atoms with E-state index in [2.05, 4.69) is 46.2 Å². The summed E-state index contributed by atoms with van der Waals surface area (Å²) in [4.78, 5) is 10.8. The molecule has 2 aromatic rings. The molecule has 2 aromatic heterocycles. The summed E-state index contributed by atoms with van der Waals surface area (Å²) in [7, 11) is 0. The van der Waals surface area contributed by atoms with Crippen molar-refractivity contribution < 1.29 is 4.74 Å². The van der Waals surface area contributed by atoms with Gasteiger partial charge in [-0.1, -0.05) is 0 Å². The maximum absolute atomic E-state index is 5.90. The molecule has 2 atom stereocenters. The van der Waals surface area contributed by atoms with E-state index < -0.39 is 0 Å². The lowest BCUT2D eigenvalue weighted by atomic mass is 9.91. The second-order valence-corrected chi connectivity index (χ2v) is 7.39. The highest BCUT2D eigenvalue weighted by Gasteiger charge is 2.27. The Kier molecular flexibility index (Phi) is 4.57. The first kappa shape index (κ1) is 16.1. The van der Waals surface area contributed by atoms with Crippen LogP contribution in [0.5, 0.6) is 0 Å². The molecule has 0 amide bonds. The highest BCUT2D eigenvalue weighted by Crippen LogP contribution is 2.33. The molecule has 2 saturated heterocycles. The average molecular weight is 328 g/mol. The van der Waals surface area contributed by atoms with Crippen molar-refractivity contribution in [3.63, 3.8) is 0 Å². The van der Waals surface area contributed by atoms with E-state index in [0.29, 0.717) is 18.1 Å². The fourth-order valence-electron chi connectivity index (χ4n) is 4.36. The van der Waals surface area contributed by atoms with Crippen LogP contribution in [0.1, 0.15) is 43.9 Å². The van der Waals surface area contributed by atoms with E-state index in [1.807, 2.05) is 6.20 Å². The molecule has 2 unspecified atom stereocenters. The maximum atomic E-state index is 5.90. The van der Waals surface area contributed by atoms with Crippen molar-refractivity contribution in [2.75, 3.05) is 26.2 Å². The van der Waals surface area contributed by atoms with Gasteiger partial charge in [0.2, 0.25) is 0 Å². The van der Waals surface area contributed by atoms with Gasteiger partial charge in [0, 0.05) is 42.8 Å². The molecule has 0 aliphatic carbocycles. The third kappa shape index (κ3) is 3.21. The number of H-pyrrole nitrogens is 1. The van der Waals surface area contributed by atoms with Gasteiger partial charge in [-0.2, -0.15) is 0 Å². The van der Waals surface area contributed by atoms with E-state index >= 15 is 0 Å². The van der Waals surface area contributed by atoms with Crippen LogP contribution in [-0.2, 0) is 11.3 Å². The number of nitrogens with zero attached hydrogens (tertiary/aromatic N) is 2. The van der Waals surface area contributed by atoms with Crippen molar-refractivity contribution in [3.8, 4) is 0 Å². The molecular formula is C19H28N4O. The quantitative estimate of drug-likeness (QED) is 0.909. The van der Waals surface area contributed by atoms with E-state index in [1.165, 1.54) is 29.5 Å². The van der Waals surface area contributed by atoms with Crippen LogP contribution >= 0.6 is 0 Å². The number of hydrogen-bond donors (Lipinski definition) is 2. The van der Waals surface area contributed by atoms with Gasteiger partial charge in [-0.25, -0.2) is 4.98 Å². The molecule has 2 aliphatic heterocycles. The summed E-state index contributed by atoms with van der Waals surface area (Å²) in [6.07, 6.45) is 4.90. The van der Waals surface area contributed by atoms with Crippen molar-refractivity contribution in [3.05, 3.63) is 29.6 Å². The lowest BCUT2D eigenvalue weighted by Gasteiger charge is -2.35. The molecule has 5 heteroatoms. The van der Waals surface area contributed by atoms with Crippen LogP contribution in [-0.4, -0.2) is 53.3 Å². The van der Waals surface area contributed by atoms with Gasteiger partial charge in [0.15, 0.2) is 0 Å². The van der Waals surface area contributed by atoms with Crippen molar-refractivity contribution in [1.29, 1.82) is 0 Å². The Morgan fingerprint density at radius 3 is 2.71 bits per heavy atom. The van der Waals surface area contributed by atoms with Crippen LogP contribution in [0.2, 0.25) is 0 Å². The van der Waals surface area contributed by atoms with E-state index in [-0.39, 0.29) is 0 Å². The molecule has 2 N–H and O–H groups in total. The highest BCUT2D eigenvalue weighted by molar-refractivity contribution is 5.81. The van der Waals surface area contributed by atoms with Gasteiger partial charge in [0.25, 0.3) is 0 Å². The van der Waals surface area contributed by atoms with Gasteiger partial charge in [0.05, 0.1) is 12.2 Å². The van der Waals surface area contributed by atoms with Gasteiger partial charge < -0.3 is 15.0 Å². The van der Waals surface area contributed by atoms with Gasteiger partial charge in [-0.3, -0.25) is 4.90 Å². The van der Waals surface area contributed by atoms with Crippen LogP contribution in [0, 0.1) is 0 Å². The summed E-state index contributed by atoms with van der Waals surface area (Å²) in [5, 5.41) is 4.76. The monoisotopic (exact) mass is 328 g/mol. The minimum Gasteiger partial charge on any atom is -0.373 e. The molecule has 5 nitrogen and oxygen atoms in total. The van der Waals surface area contributed by atoms with Crippen molar-refractivity contribution in [1.82, 2.24) is 20.2 Å². The molecule has 0 spiro atoms. The zero-order valence-corrected chi connectivity index (χ0v) is 14.7. The summed E-state index contributed by atoms with van der Waals surface area (Å²) < 4.78 is 5.90. The normalized spacial score (nSPS) is 26.9. The van der Waals surface area contributed by atoms with Crippen LogP contribution in [0.15, 0.2) is 18.3 Å². The molecule has 0 bridgehead atoms. The van der Waals surface area contributed by atoms with Crippen molar-refractivity contribution >= 4 is 11.0 Å². The van der Waals surface area contributed by atoms with Crippen molar-refractivity contribution in [2.24, 2.45) is 0 Å². The molecule has 4 rings (SSSR count). The minimum atomic E-state index is 0.305. The number of aromatic amines is 1. The van der Waals surface area contributed by atoms with E-state index in [9.17, 15) is 0 Å². The zero-order chi connectivity index (χ0) is 16.5. The van der Waals surface area contributed by atoms with Gasteiger partial charge in [0.1, 0.15) is 5.65 Å². The van der Waals surface area contributed by atoms with Gasteiger partial charge >= 0.3 is 0 Å². The predicted molar refractivity (Wildman–Crippen MR) is 96.2 cm³/mol. The standard InChI is InChI=1S/C19H28N4O/c1-13-10-23(11-14(2)24-13)12-17-16-4-3-7-21-19(16)22-18(17)15-5-8-20-9-6-15/h3-4,7,13-15,20H,5-6,8-12H2,1-2H3,(H,21,22). The Morgan fingerprint density at radius 1 is 1.21 bits per heavy atom. The average Bonchev–Trinajstić information content (AvgIpc) is 2.94. The second-order valence-electron chi connectivity index (χ2n) is 7.39. The van der Waals surface area contributed by atoms with Crippen LogP contribution < -0.4 is 5.32 Å². The minimum absolute atomic E-state index is 0.305. The molecule has 4 heterocycles. The molecule has 0 radical (unpaired) electrons. The fourth-order valence-corrected chi connectivity index (χ4v) is 4.36. The summed E-state index contributed by atoms with van der Waals surface area (Å²) in [6.45, 7) is 9.56. The Labute approximate surface area is 143 Å². The number of fused-ring (bicyclic) bond motifs is 1. The topological polar surface area (TPSA) is 53.2 Å². The van der Waals surface area contributed by atoms with Gasteiger partial charge in [-0.15, -0.1) is 0 Å². The molecule has 24 heavy (non-hydrogen) atoms. The summed E-state index contributed by atoms with van der Waals surface area (Å²) >= 11 is 0. The van der Waals surface area contributed by atoms with Crippen molar-refractivity contribution in [2.45, 2.75) is 51.4 Å². The summed E-state index contributed by atoms with van der Waals surface area (Å²) in [5.74, 6) is 0.617. The lowest BCUT2D eigenvalue weighted by Crippen LogP contribution is -2.45. The molecule has 0 saturated carbocycles. The van der Waals surface area contributed by atoms with Crippen LogP contribution in [0.4, 0.5) is 0 Å². The number of rotatable bonds is 3. The predicted octanol–water partition coefficient (Wildman–Crippen LogP) is 2.64. The SMILES string of the molecule is CC1CN(Cc2c(C3CCNCC3)[nH]c3ncccc23)CC(C)O1. The molecule has 130 valence electrons. The first-order valence-corrected chi connectivity index (χ1v) is 9.24. The van der Waals surface area contributed by atoms with Gasteiger partial charge in [-0.05, 0) is 57.5 Å². The molecule has 2 fully saturated rings. The van der Waals surface area contributed by atoms with E-state index in [0.717, 1.165) is 38.4 Å². The number of nitrogens with one attached hydrogen (secondary N) is 2. The lowest BCUT2D eigenvalue weighted by molar-refractivity contribution is -0.0704. The smallest absolute Gasteiger partial charge is 0.137 e. The molecular weight excluding hydrogens is 300 g/mol. The second kappa shape index (κ2) is 6.82. The number of morpholine rings is 1. The third-order valence-electron chi connectivity index (χ3n) is 5.34. The zero-order valence-electron chi connectivity index (χ0n) is 14.7. The highest BCUT2D eigenvalue weighted by atomic mass is 16.5. The molecule has 0 aromatic carbocycles. The number of pyridine rings is 1. The summed E-state index contributed by atoms with van der Waals surface area (Å²) in [6, 6.07) is 4.27. The number of ether oxygens (including phenoxy) is 1. The maximum Gasteiger partial charge on any atom is 0.137 e.